The van der Waals surface area contributed by atoms with Crippen LogP contribution in [0.5, 0.6) is 0 Å². The third kappa shape index (κ3) is 3.49. The molecule has 3 saturated heterocycles. The zero-order chi connectivity index (χ0) is 20.7. The van der Waals surface area contributed by atoms with Crippen LogP contribution in [0.3, 0.4) is 0 Å². The van der Waals surface area contributed by atoms with Gasteiger partial charge in [0.2, 0.25) is 5.91 Å². The van der Waals surface area contributed by atoms with Crippen LogP contribution in [0.15, 0.2) is 16.7 Å². The molecule has 0 N–H and O–H groups in total. The summed E-state index contributed by atoms with van der Waals surface area (Å²) in [6.45, 7) is 7.85. The number of carbonyl (C=O) groups excluding carboxylic acids is 3. The first-order valence-electron chi connectivity index (χ1n) is 10.5. The van der Waals surface area contributed by atoms with Crippen LogP contribution in [0.25, 0.3) is 0 Å². The van der Waals surface area contributed by atoms with Gasteiger partial charge < -0.3 is 19.0 Å². The predicted octanol–water partition coefficient (Wildman–Crippen LogP) is 2.27. The molecule has 0 saturated carbocycles. The fraction of sp³-hybridized carbons (Fsp3) is 0.667. The molecule has 8 nitrogen and oxygen atoms in total. The first kappa shape index (κ1) is 19.8. The minimum atomic E-state index is -0.326. The second-order valence-electron chi connectivity index (χ2n) is 8.41. The molecule has 3 aliphatic heterocycles. The lowest BCUT2D eigenvalue weighted by atomic mass is 10.1. The largest absolute Gasteiger partial charge is 0.469 e. The highest BCUT2D eigenvalue weighted by Crippen LogP contribution is 2.33. The van der Waals surface area contributed by atoms with Crippen molar-refractivity contribution in [2.45, 2.75) is 58.2 Å². The quantitative estimate of drug-likeness (QED) is 0.753. The highest BCUT2D eigenvalue weighted by atomic mass is 16.6. The van der Waals surface area contributed by atoms with Crippen LogP contribution in [0.2, 0.25) is 0 Å². The van der Waals surface area contributed by atoms with Crippen molar-refractivity contribution < 1.29 is 23.5 Å². The van der Waals surface area contributed by atoms with Crippen LogP contribution in [0.4, 0.5) is 4.79 Å². The zero-order valence-electron chi connectivity index (χ0n) is 17.3. The van der Waals surface area contributed by atoms with Crippen molar-refractivity contribution in [3.05, 3.63) is 23.7 Å². The normalized spacial score (nSPS) is 27.3. The first-order valence-corrected chi connectivity index (χ1v) is 10.5. The Kier molecular flexibility index (Phi) is 5.27. The highest BCUT2D eigenvalue weighted by Gasteiger charge is 2.52. The van der Waals surface area contributed by atoms with E-state index in [0.29, 0.717) is 37.5 Å². The van der Waals surface area contributed by atoms with Gasteiger partial charge in [0.25, 0.3) is 5.91 Å². The number of rotatable bonds is 5. The van der Waals surface area contributed by atoms with Crippen LogP contribution in [0.1, 0.15) is 49.2 Å². The van der Waals surface area contributed by atoms with Gasteiger partial charge in [-0.25, -0.2) is 4.79 Å². The lowest BCUT2D eigenvalue weighted by Crippen LogP contribution is -2.47. The second kappa shape index (κ2) is 7.72. The van der Waals surface area contributed by atoms with E-state index >= 15 is 0 Å². The highest BCUT2D eigenvalue weighted by molar-refractivity contribution is 5.95. The third-order valence-electron chi connectivity index (χ3n) is 6.45. The molecule has 0 aliphatic carbocycles. The van der Waals surface area contributed by atoms with Crippen LogP contribution in [0, 0.1) is 12.8 Å². The summed E-state index contributed by atoms with van der Waals surface area (Å²) in [4.78, 5) is 43.3. The minimum absolute atomic E-state index is 0.00909. The van der Waals surface area contributed by atoms with Gasteiger partial charge in [-0.2, -0.15) is 0 Å². The lowest BCUT2D eigenvalue weighted by Gasteiger charge is -2.28. The molecule has 3 fully saturated rings. The van der Waals surface area contributed by atoms with Gasteiger partial charge in [0.15, 0.2) is 0 Å². The Balaban J connectivity index is 1.42. The fourth-order valence-electron chi connectivity index (χ4n) is 4.87. The van der Waals surface area contributed by atoms with Gasteiger partial charge in [-0.15, -0.1) is 0 Å². The number of furan rings is 1. The van der Waals surface area contributed by atoms with Crippen LogP contribution in [-0.4, -0.2) is 77.0 Å². The molecule has 0 bridgehead atoms. The number of fused-ring (bicyclic) bond motifs is 1. The SMILES string of the molecule is CCCC(C)C(=O)N1CCC(N2C(=O)O[C@H]3CN(C(=O)c4ccoc4C)C[C@H]32)C1. The van der Waals surface area contributed by atoms with Crippen molar-refractivity contribution >= 4 is 17.9 Å². The van der Waals surface area contributed by atoms with Gasteiger partial charge in [0.1, 0.15) is 11.9 Å². The van der Waals surface area contributed by atoms with Gasteiger partial charge in [-0.1, -0.05) is 20.3 Å². The summed E-state index contributed by atoms with van der Waals surface area (Å²) in [6, 6.07) is 1.46. The molecule has 0 spiro atoms. The number of ether oxygens (including phenoxy) is 1. The van der Waals surface area contributed by atoms with E-state index in [1.165, 1.54) is 6.26 Å². The molecular weight excluding hydrogens is 374 g/mol. The smallest absolute Gasteiger partial charge is 0.410 e. The summed E-state index contributed by atoms with van der Waals surface area (Å²) < 4.78 is 10.8. The maximum absolute atomic E-state index is 12.8. The van der Waals surface area contributed by atoms with Gasteiger partial charge >= 0.3 is 6.09 Å². The Morgan fingerprint density at radius 2 is 2.03 bits per heavy atom. The molecule has 1 aromatic heterocycles. The molecular formula is C21H29N3O5. The molecule has 4 heterocycles. The number of aryl methyl sites for hydroxylation is 1. The Hall–Kier alpha value is -2.51. The first-order chi connectivity index (χ1) is 13.9. The summed E-state index contributed by atoms with van der Waals surface area (Å²) in [5, 5.41) is 0. The number of nitrogens with zero attached hydrogens (tertiary/aromatic N) is 3. The average molecular weight is 403 g/mol. The van der Waals surface area contributed by atoms with E-state index in [1.807, 2.05) is 11.8 Å². The molecule has 3 amide bonds. The number of likely N-dealkylation sites (tertiary alicyclic amines) is 2. The summed E-state index contributed by atoms with van der Waals surface area (Å²) in [5.74, 6) is 0.664. The van der Waals surface area contributed by atoms with E-state index in [9.17, 15) is 14.4 Å². The molecule has 1 aromatic rings. The van der Waals surface area contributed by atoms with Crippen molar-refractivity contribution in [2.24, 2.45) is 5.92 Å². The van der Waals surface area contributed by atoms with Crippen molar-refractivity contribution in [3.8, 4) is 0 Å². The van der Waals surface area contributed by atoms with E-state index in [0.717, 1.165) is 19.3 Å². The number of hydrogen-bond acceptors (Lipinski definition) is 5. The molecule has 8 heteroatoms. The Morgan fingerprint density at radius 3 is 2.72 bits per heavy atom. The molecule has 3 aliphatic rings. The van der Waals surface area contributed by atoms with Crippen molar-refractivity contribution in [1.82, 2.24) is 14.7 Å². The zero-order valence-corrected chi connectivity index (χ0v) is 17.3. The maximum Gasteiger partial charge on any atom is 0.410 e. The average Bonchev–Trinajstić information content (AvgIpc) is 3.44. The van der Waals surface area contributed by atoms with Crippen molar-refractivity contribution in [1.29, 1.82) is 0 Å². The summed E-state index contributed by atoms with van der Waals surface area (Å²) in [6.07, 6.45) is 3.47. The number of carbonyl (C=O) groups is 3. The second-order valence-corrected chi connectivity index (χ2v) is 8.41. The van der Waals surface area contributed by atoms with E-state index in [1.54, 1.807) is 22.8 Å². The van der Waals surface area contributed by atoms with E-state index in [2.05, 4.69) is 6.92 Å². The van der Waals surface area contributed by atoms with E-state index < -0.39 is 0 Å². The molecule has 0 aromatic carbocycles. The summed E-state index contributed by atoms with van der Waals surface area (Å²) in [5.41, 5.74) is 0.547. The molecule has 29 heavy (non-hydrogen) atoms. The molecule has 158 valence electrons. The third-order valence-corrected chi connectivity index (χ3v) is 6.45. The number of hydrogen-bond donors (Lipinski definition) is 0. The molecule has 0 radical (unpaired) electrons. The van der Waals surface area contributed by atoms with Crippen molar-refractivity contribution in [3.63, 3.8) is 0 Å². The monoisotopic (exact) mass is 403 g/mol. The summed E-state index contributed by atoms with van der Waals surface area (Å²) in [7, 11) is 0. The Morgan fingerprint density at radius 1 is 1.24 bits per heavy atom. The van der Waals surface area contributed by atoms with Crippen molar-refractivity contribution in [2.75, 3.05) is 26.2 Å². The van der Waals surface area contributed by atoms with Crippen LogP contribution < -0.4 is 0 Å². The summed E-state index contributed by atoms with van der Waals surface area (Å²) >= 11 is 0. The fourth-order valence-corrected chi connectivity index (χ4v) is 4.87. The lowest BCUT2D eigenvalue weighted by molar-refractivity contribution is -0.134. The standard InChI is InChI=1S/C21H29N3O5/c1-4-5-13(2)19(25)22-8-6-15(10-22)24-17-11-23(12-18(17)29-21(24)27)20(26)16-7-9-28-14(16)3/h7,9,13,15,17-18H,4-6,8,10-12H2,1-3H3/t13?,15?,17-,18+/m1/s1. The molecule has 4 atom stereocenters. The molecule has 2 unspecified atom stereocenters. The Bertz CT molecular complexity index is 806. The Labute approximate surface area is 170 Å². The van der Waals surface area contributed by atoms with Crippen LogP contribution >= 0.6 is 0 Å². The van der Waals surface area contributed by atoms with Gasteiger partial charge in [-0.05, 0) is 25.8 Å². The maximum atomic E-state index is 12.8. The topological polar surface area (TPSA) is 83.3 Å². The van der Waals surface area contributed by atoms with E-state index in [-0.39, 0.29) is 42.0 Å². The number of amides is 3. The minimum Gasteiger partial charge on any atom is -0.469 e. The van der Waals surface area contributed by atoms with Gasteiger partial charge in [-0.3, -0.25) is 14.5 Å². The van der Waals surface area contributed by atoms with Crippen LogP contribution in [-0.2, 0) is 9.53 Å². The van der Waals surface area contributed by atoms with Gasteiger partial charge in [0, 0.05) is 25.6 Å². The van der Waals surface area contributed by atoms with Gasteiger partial charge in [0.05, 0.1) is 30.5 Å². The molecule has 4 rings (SSSR count). The van der Waals surface area contributed by atoms with E-state index in [4.69, 9.17) is 9.15 Å². The predicted molar refractivity (Wildman–Crippen MR) is 104 cm³/mol.